The summed E-state index contributed by atoms with van der Waals surface area (Å²) in [7, 11) is 0. The lowest BCUT2D eigenvalue weighted by atomic mass is 10.1. The highest BCUT2D eigenvalue weighted by molar-refractivity contribution is 7.09. The Labute approximate surface area is 160 Å². The summed E-state index contributed by atoms with van der Waals surface area (Å²) in [6, 6.07) is 8.28. The largest absolute Gasteiger partial charge is 0.356 e. The van der Waals surface area contributed by atoms with E-state index in [4.69, 9.17) is 0 Å². The zero-order valence-electron chi connectivity index (χ0n) is 14.8. The topological polar surface area (TPSA) is 64.0 Å². The first-order valence-corrected chi connectivity index (χ1v) is 10.2. The van der Waals surface area contributed by atoms with Crippen LogP contribution in [0.2, 0.25) is 0 Å². The SMILES string of the molecule is Cc1nc(-c2ccc(CCNC(=O)CCn3c(C)csc3=O)cc2)cs1. The summed E-state index contributed by atoms with van der Waals surface area (Å²) in [5.74, 6) is -0.0305. The normalized spacial score (nSPS) is 10.8. The summed E-state index contributed by atoms with van der Waals surface area (Å²) in [5, 5.41) is 7.86. The van der Waals surface area contributed by atoms with Gasteiger partial charge in [0.25, 0.3) is 0 Å². The number of hydrogen-bond acceptors (Lipinski definition) is 5. The quantitative estimate of drug-likeness (QED) is 0.676. The third-order valence-electron chi connectivity index (χ3n) is 4.14. The standard InChI is InChI=1S/C19H21N3O2S2/c1-13-11-26-19(24)22(13)10-8-18(23)20-9-7-15-3-5-16(6-4-15)17-12-25-14(2)21-17/h3-6,11-12H,7-10H2,1-2H3,(H,20,23). The molecule has 3 rings (SSSR count). The lowest BCUT2D eigenvalue weighted by Gasteiger charge is -2.07. The zero-order valence-corrected chi connectivity index (χ0v) is 16.5. The van der Waals surface area contributed by atoms with E-state index in [1.54, 1.807) is 15.9 Å². The van der Waals surface area contributed by atoms with Crippen LogP contribution < -0.4 is 10.2 Å². The fourth-order valence-electron chi connectivity index (χ4n) is 2.66. The Morgan fingerprint density at radius 1 is 1.15 bits per heavy atom. The fraction of sp³-hybridized carbons (Fsp3) is 0.316. The molecule has 136 valence electrons. The van der Waals surface area contributed by atoms with E-state index < -0.39 is 0 Å². The highest BCUT2D eigenvalue weighted by Crippen LogP contribution is 2.21. The summed E-state index contributed by atoms with van der Waals surface area (Å²) in [6.07, 6.45) is 1.10. The van der Waals surface area contributed by atoms with E-state index >= 15 is 0 Å². The maximum atomic E-state index is 12.0. The number of carbonyl (C=O) groups is 1. The molecule has 0 aliphatic heterocycles. The van der Waals surface area contributed by atoms with Crippen molar-refractivity contribution < 1.29 is 4.79 Å². The molecule has 5 nitrogen and oxygen atoms in total. The minimum Gasteiger partial charge on any atom is -0.356 e. The van der Waals surface area contributed by atoms with Crippen LogP contribution in [0, 0.1) is 13.8 Å². The van der Waals surface area contributed by atoms with Gasteiger partial charge in [-0.2, -0.15) is 0 Å². The number of aryl methyl sites for hydroxylation is 2. The average molecular weight is 388 g/mol. The van der Waals surface area contributed by atoms with E-state index in [9.17, 15) is 9.59 Å². The van der Waals surface area contributed by atoms with Gasteiger partial charge in [0, 0.05) is 41.5 Å². The number of benzene rings is 1. The highest BCUT2D eigenvalue weighted by Gasteiger charge is 2.07. The van der Waals surface area contributed by atoms with Gasteiger partial charge in [0.1, 0.15) is 0 Å². The number of hydrogen-bond donors (Lipinski definition) is 1. The Morgan fingerprint density at radius 3 is 2.54 bits per heavy atom. The Bertz CT molecular complexity index is 938. The summed E-state index contributed by atoms with van der Waals surface area (Å²) in [4.78, 5) is 28.1. The molecule has 2 aromatic heterocycles. The van der Waals surface area contributed by atoms with E-state index in [1.807, 2.05) is 19.2 Å². The molecule has 1 aromatic carbocycles. The van der Waals surface area contributed by atoms with Crippen LogP contribution in [0.15, 0.2) is 39.8 Å². The van der Waals surface area contributed by atoms with Gasteiger partial charge in [0.15, 0.2) is 0 Å². The summed E-state index contributed by atoms with van der Waals surface area (Å²) in [6.45, 7) is 4.90. The lowest BCUT2D eigenvalue weighted by molar-refractivity contribution is -0.121. The molecule has 1 amide bonds. The highest BCUT2D eigenvalue weighted by atomic mass is 32.1. The van der Waals surface area contributed by atoms with Crippen LogP contribution in [0.1, 0.15) is 22.7 Å². The Balaban J connectivity index is 1.44. The number of nitrogens with one attached hydrogen (secondary N) is 1. The maximum Gasteiger partial charge on any atom is 0.307 e. The van der Waals surface area contributed by atoms with Crippen LogP contribution in [0.3, 0.4) is 0 Å². The van der Waals surface area contributed by atoms with Crippen molar-refractivity contribution in [2.45, 2.75) is 33.2 Å². The van der Waals surface area contributed by atoms with Gasteiger partial charge in [-0.05, 0) is 25.8 Å². The van der Waals surface area contributed by atoms with E-state index in [0.29, 0.717) is 19.5 Å². The molecular formula is C19H21N3O2S2. The number of rotatable bonds is 7. The fourth-order valence-corrected chi connectivity index (χ4v) is 4.04. The molecule has 0 saturated carbocycles. The summed E-state index contributed by atoms with van der Waals surface area (Å²) in [5.41, 5.74) is 4.19. The van der Waals surface area contributed by atoms with Crippen LogP contribution in [0.4, 0.5) is 0 Å². The second-order valence-corrected chi connectivity index (χ2v) is 7.98. The molecule has 0 saturated heterocycles. The minimum atomic E-state index is -0.0305. The van der Waals surface area contributed by atoms with Gasteiger partial charge in [-0.15, -0.1) is 11.3 Å². The van der Waals surface area contributed by atoms with E-state index in [1.165, 1.54) is 16.9 Å². The van der Waals surface area contributed by atoms with Gasteiger partial charge in [-0.1, -0.05) is 35.6 Å². The van der Waals surface area contributed by atoms with Gasteiger partial charge < -0.3 is 9.88 Å². The van der Waals surface area contributed by atoms with Crippen molar-refractivity contribution in [3.05, 3.63) is 61.0 Å². The van der Waals surface area contributed by atoms with Gasteiger partial charge in [0.05, 0.1) is 10.7 Å². The van der Waals surface area contributed by atoms with E-state index in [0.717, 1.165) is 28.4 Å². The first kappa shape index (κ1) is 18.5. The molecule has 7 heteroatoms. The molecule has 0 fully saturated rings. The molecule has 0 atom stereocenters. The van der Waals surface area contributed by atoms with Crippen LogP contribution >= 0.6 is 22.7 Å². The molecule has 2 heterocycles. The number of aromatic nitrogens is 2. The number of carbonyl (C=O) groups excluding carboxylic acids is 1. The maximum absolute atomic E-state index is 12.0. The first-order chi connectivity index (χ1) is 12.5. The van der Waals surface area contributed by atoms with Gasteiger partial charge in [0.2, 0.25) is 5.91 Å². The van der Waals surface area contributed by atoms with Crippen LogP contribution in [0.25, 0.3) is 11.3 Å². The number of thiazole rings is 2. The molecule has 3 aromatic rings. The summed E-state index contributed by atoms with van der Waals surface area (Å²) < 4.78 is 1.64. The van der Waals surface area contributed by atoms with Gasteiger partial charge in [-0.3, -0.25) is 9.59 Å². The van der Waals surface area contributed by atoms with Gasteiger partial charge in [-0.25, -0.2) is 4.98 Å². The average Bonchev–Trinajstić information content (AvgIpc) is 3.20. The number of nitrogens with zero attached hydrogens (tertiary/aromatic N) is 2. The first-order valence-electron chi connectivity index (χ1n) is 8.46. The van der Waals surface area contributed by atoms with Crippen molar-refractivity contribution >= 4 is 28.6 Å². The van der Waals surface area contributed by atoms with Crippen molar-refractivity contribution in [1.82, 2.24) is 14.9 Å². The third-order valence-corrected chi connectivity index (χ3v) is 5.80. The minimum absolute atomic E-state index is 0.00862. The number of amides is 1. The van der Waals surface area contributed by atoms with Crippen LogP contribution in [-0.2, 0) is 17.8 Å². The molecule has 0 spiro atoms. The van der Waals surface area contributed by atoms with Crippen LogP contribution in [0.5, 0.6) is 0 Å². The Kier molecular flexibility index (Phi) is 6.00. The Hall–Kier alpha value is -2.25. The lowest BCUT2D eigenvalue weighted by Crippen LogP contribution is -2.28. The molecule has 0 aliphatic carbocycles. The predicted octanol–water partition coefficient (Wildman–Crippen LogP) is 3.40. The molecule has 1 N–H and O–H groups in total. The third kappa shape index (κ3) is 4.68. The second kappa shape index (κ2) is 8.42. The predicted molar refractivity (Wildman–Crippen MR) is 107 cm³/mol. The molecule has 0 aliphatic rings. The molecule has 0 bridgehead atoms. The second-order valence-electron chi connectivity index (χ2n) is 6.09. The molecule has 26 heavy (non-hydrogen) atoms. The van der Waals surface area contributed by atoms with Gasteiger partial charge >= 0.3 is 4.87 Å². The molecular weight excluding hydrogens is 366 g/mol. The van der Waals surface area contributed by atoms with E-state index in [-0.39, 0.29) is 10.8 Å². The van der Waals surface area contributed by atoms with Crippen molar-refractivity contribution in [3.63, 3.8) is 0 Å². The Morgan fingerprint density at radius 2 is 1.92 bits per heavy atom. The van der Waals surface area contributed by atoms with Crippen molar-refractivity contribution in [3.8, 4) is 11.3 Å². The molecule has 0 radical (unpaired) electrons. The zero-order chi connectivity index (χ0) is 18.5. The van der Waals surface area contributed by atoms with Crippen molar-refractivity contribution in [2.75, 3.05) is 6.54 Å². The molecule has 0 unspecified atom stereocenters. The monoisotopic (exact) mass is 387 g/mol. The van der Waals surface area contributed by atoms with Crippen molar-refractivity contribution in [1.29, 1.82) is 0 Å². The van der Waals surface area contributed by atoms with Crippen molar-refractivity contribution in [2.24, 2.45) is 0 Å². The van der Waals surface area contributed by atoms with Crippen LogP contribution in [-0.4, -0.2) is 22.0 Å². The summed E-state index contributed by atoms with van der Waals surface area (Å²) >= 11 is 2.82. The smallest absolute Gasteiger partial charge is 0.307 e. The van der Waals surface area contributed by atoms with E-state index in [2.05, 4.69) is 39.9 Å².